The maximum absolute atomic E-state index is 13.0. The van der Waals surface area contributed by atoms with E-state index in [2.05, 4.69) is 10.6 Å². The molecule has 28 heavy (non-hydrogen) atoms. The molecular weight excluding hydrogens is 362 g/mol. The Hall–Kier alpha value is -2.90. The van der Waals surface area contributed by atoms with E-state index in [1.165, 1.54) is 0 Å². The lowest BCUT2D eigenvalue weighted by molar-refractivity contribution is -0.142. The van der Waals surface area contributed by atoms with Crippen LogP contribution in [0.25, 0.3) is 0 Å². The molecule has 4 amide bonds. The fraction of sp³-hybridized carbons (Fsp3) is 0.500. The summed E-state index contributed by atoms with van der Waals surface area (Å²) in [5, 5.41) is 14.6. The van der Waals surface area contributed by atoms with Gasteiger partial charge in [-0.1, -0.05) is 38.1 Å². The highest BCUT2D eigenvalue weighted by atomic mass is 16.4. The average Bonchev–Trinajstić information content (AvgIpc) is 3.12. The zero-order valence-corrected chi connectivity index (χ0v) is 16.0. The second-order valence-corrected chi connectivity index (χ2v) is 7.85. The van der Waals surface area contributed by atoms with E-state index in [4.69, 9.17) is 0 Å². The number of imide groups is 1. The van der Waals surface area contributed by atoms with Crippen LogP contribution in [0.15, 0.2) is 24.3 Å². The summed E-state index contributed by atoms with van der Waals surface area (Å²) in [7, 11) is 0. The Bertz CT molecular complexity index is 822. The molecule has 2 unspecified atom stereocenters. The molecule has 8 heteroatoms. The van der Waals surface area contributed by atoms with Gasteiger partial charge in [0.1, 0.15) is 12.1 Å². The van der Waals surface area contributed by atoms with Gasteiger partial charge >= 0.3 is 12.0 Å². The van der Waals surface area contributed by atoms with Gasteiger partial charge in [-0.3, -0.25) is 19.3 Å². The zero-order chi connectivity index (χ0) is 20.5. The summed E-state index contributed by atoms with van der Waals surface area (Å²) in [5.74, 6) is -2.51. The molecule has 8 nitrogen and oxygen atoms in total. The highest BCUT2D eigenvalue weighted by Crippen LogP contribution is 2.41. The van der Waals surface area contributed by atoms with Crippen LogP contribution in [-0.2, 0) is 26.3 Å². The summed E-state index contributed by atoms with van der Waals surface area (Å²) in [5.41, 5.74) is 0.689. The molecule has 0 aromatic heterocycles. The van der Waals surface area contributed by atoms with Crippen LogP contribution in [0.1, 0.15) is 37.8 Å². The number of urea groups is 1. The largest absolute Gasteiger partial charge is 0.481 e. The molecule has 0 saturated carbocycles. The summed E-state index contributed by atoms with van der Waals surface area (Å²) < 4.78 is 0. The molecule has 1 fully saturated rings. The third-order valence-corrected chi connectivity index (χ3v) is 5.37. The third-order valence-electron chi connectivity index (χ3n) is 5.37. The van der Waals surface area contributed by atoms with Crippen molar-refractivity contribution >= 4 is 23.8 Å². The minimum absolute atomic E-state index is 0.0377. The number of hydrogen-bond acceptors (Lipinski definition) is 4. The number of nitrogens with one attached hydrogen (secondary N) is 2. The standard InChI is InChI=1S/C20H25N3O5/c1-12(2)9-14(17(25)26)10-21-16(24)11-23-18(27)20(22-19(23)28)8-7-13-5-3-4-6-15(13)20/h3-6,12,14H,7-11H2,1-2H3,(H,21,24)(H,22,28)(H,25,26). The smallest absolute Gasteiger partial charge is 0.325 e. The van der Waals surface area contributed by atoms with Crippen LogP contribution in [0.5, 0.6) is 0 Å². The van der Waals surface area contributed by atoms with E-state index in [0.717, 1.165) is 16.0 Å². The Balaban J connectivity index is 1.65. The summed E-state index contributed by atoms with van der Waals surface area (Å²) in [6.07, 6.45) is 1.57. The lowest BCUT2D eigenvalue weighted by Gasteiger charge is -2.22. The van der Waals surface area contributed by atoms with E-state index >= 15 is 0 Å². The van der Waals surface area contributed by atoms with Crippen LogP contribution >= 0.6 is 0 Å². The molecule has 2 atom stereocenters. The number of hydrogen-bond donors (Lipinski definition) is 3. The Kier molecular flexibility index (Phi) is 5.40. The Labute approximate surface area is 163 Å². The molecule has 2 aliphatic rings. The topological polar surface area (TPSA) is 116 Å². The summed E-state index contributed by atoms with van der Waals surface area (Å²) in [6, 6.07) is 6.86. The SMILES string of the molecule is CC(C)CC(CNC(=O)CN1C(=O)NC2(CCc3ccccc32)C1=O)C(=O)O. The fourth-order valence-electron chi connectivity index (χ4n) is 4.01. The molecule has 1 aliphatic heterocycles. The first-order chi connectivity index (χ1) is 13.2. The first-order valence-electron chi connectivity index (χ1n) is 9.46. The van der Waals surface area contributed by atoms with Crippen molar-refractivity contribution in [2.45, 2.75) is 38.6 Å². The molecule has 0 radical (unpaired) electrons. The van der Waals surface area contributed by atoms with Gasteiger partial charge in [-0.05, 0) is 36.3 Å². The van der Waals surface area contributed by atoms with Crippen molar-refractivity contribution in [1.82, 2.24) is 15.5 Å². The van der Waals surface area contributed by atoms with Gasteiger partial charge in [0.2, 0.25) is 5.91 Å². The van der Waals surface area contributed by atoms with Crippen LogP contribution in [-0.4, -0.2) is 46.9 Å². The Morgan fingerprint density at radius 1 is 1.29 bits per heavy atom. The third kappa shape index (κ3) is 3.58. The average molecular weight is 387 g/mol. The van der Waals surface area contributed by atoms with Crippen molar-refractivity contribution in [1.29, 1.82) is 0 Å². The van der Waals surface area contributed by atoms with Gasteiger partial charge < -0.3 is 15.7 Å². The molecule has 1 saturated heterocycles. The van der Waals surface area contributed by atoms with Crippen molar-refractivity contribution in [3.8, 4) is 0 Å². The predicted molar refractivity (Wildman–Crippen MR) is 100 cm³/mol. The molecule has 0 bridgehead atoms. The number of aliphatic carboxylic acids is 1. The van der Waals surface area contributed by atoms with Crippen molar-refractivity contribution in [3.05, 3.63) is 35.4 Å². The zero-order valence-electron chi connectivity index (χ0n) is 16.0. The predicted octanol–water partition coefficient (Wildman–Crippen LogP) is 1.24. The van der Waals surface area contributed by atoms with Gasteiger partial charge in [0.15, 0.2) is 0 Å². The number of rotatable bonds is 7. The lowest BCUT2D eigenvalue weighted by atomic mass is 9.92. The Morgan fingerprint density at radius 2 is 2.00 bits per heavy atom. The van der Waals surface area contributed by atoms with Crippen molar-refractivity contribution in [2.24, 2.45) is 11.8 Å². The monoisotopic (exact) mass is 387 g/mol. The normalized spacial score (nSPS) is 21.8. The first-order valence-corrected chi connectivity index (χ1v) is 9.46. The number of fused-ring (bicyclic) bond motifs is 2. The van der Waals surface area contributed by atoms with Crippen molar-refractivity contribution in [2.75, 3.05) is 13.1 Å². The van der Waals surface area contributed by atoms with Gasteiger partial charge in [0, 0.05) is 6.54 Å². The van der Waals surface area contributed by atoms with Gasteiger partial charge in [-0.2, -0.15) is 0 Å². The molecular formula is C20H25N3O5. The van der Waals surface area contributed by atoms with E-state index in [-0.39, 0.29) is 12.5 Å². The number of benzene rings is 1. The molecule has 3 rings (SSSR count). The molecule has 3 N–H and O–H groups in total. The number of carboxylic acids is 1. The minimum atomic E-state index is -1.10. The highest BCUT2D eigenvalue weighted by molar-refractivity contribution is 6.09. The maximum atomic E-state index is 13.0. The van der Waals surface area contributed by atoms with Crippen LogP contribution < -0.4 is 10.6 Å². The quantitative estimate of drug-likeness (QED) is 0.609. The van der Waals surface area contributed by atoms with Gasteiger partial charge in [-0.25, -0.2) is 4.79 Å². The first kappa shape index (κ1) is 19.9. The van der Waals surface area contributed by atoms with E-state index in [1.54, 1.807) is 0 Å². The number of nitrogens with zero attached hydrogens (tertiary/aromatic N) is 1. The number of carboxylic acid groups (broad SMARTS) is 1. The fourth-order valence-corrected chi connectivity index (χ4v) is 4.01. The summed E-state index contributed by atoms with van der Waals surface area (Å²) in [6.45, 7) is 3.35. The number of amides is 4. The van der Waals surface area contributed by atoms with Gasteiger partial charge in [-0.15, -0.1) is 0 Å². The summed E-state index contributed by atoms with van der Waals surface area (Å²) >= 11 is 0. The number of aryl methyl sites for hydroxylation is 1. The van der Waals surface area contributed by atoms with E-state index in [0.29, 0.717) is 19.3 Å². The summed E-state index contributed by atoms with van der Waals surface area (Å²) in [4.78, 5) is 49.9. The van der Waals surface area contributed by atoms with Crippen LogP contribution in [0, 0.1) is 11.8 Å². The Morgan fingerprint density at radius 3 is 2.68 bits per heavy atom. The highest BCUT2D eigenvalue weighted by Gasteiger charge is 2.55. The molecule has 1 spiro atoms. The van der Waals surface area contributed by atoms with Gasteiger partial charge in [0.05, 0.1) is 5.92 Å². The van der Waals surface area contributed by atoms with Crippen molar-refractivity contribution < 1.29 is 24.3 Å². The lowest BCUT2D eigenvalue weighted by Crippen LogP contribution is -2.44. The van der Waals surface area contributed by atoms with Crippen LogP contribution in [0.2, 0.25) is 0 Å². The maximum Gasteiger partial charge on any atom is 0.325 e. The second kappa shape index (κ2) is 7.61. The molecule has 1 aromatic carbocycles. The molecule has 1 aromatic rings. The van der Waals surface area contributed by atoms with E-state index in [1.807, 2.05) is 38.1 Å². The minimum Gasteiger partial charge on any atom is -0.481 e. The van der Waals surface area contributed by atoms with E-state index in [9.17, 15) is 24.3 Å². The number of carbonyl (C=O) groups excluding carboxylic acids is 3. The van der Waals surface area contributed by atoms with E-state index < -0.39 is 41.8 Å². The second-order valence-electron chi connectivity index (χ2n) is 7.85. The van der Waals surface area contributed by atoms with Gasteiger partial charge in [0.25, 0.3) is 5.91 Å². The number of carbonyl (C=O) groups is 4. The molecule has 1 heterocycles. The van der Waals surface area contributed by atoms with Crippen LogP contribution in [0.3, 0.4) is 0 Å². The molecule has 150 valence electrons. The molecule has 1 aliphatic carbocycles. The van der Waals surface area contributed by atoms with Crippen molar-refractivity contribution in [3.63, 3.8) is 0 Å². The van der Waals surface area contributed by atoms with Crippen LogP contribution in [0.4, 0.5) is 4.79 Å².